The van der Waals surface area contributed by atoms with Gasteiger partial charge in [-0.25, -0.2) is 4.39 Å². The van der Waals surface area contributed by atoms with Gasteiger partial charge in [0.2, 0.25) is 11.8 Å². The van der Waals surface area contributed by atoms with E-state index >= 15 is 0 Å². The number of para-hydroxylation sites is 1. The van der Waals surface area contributed by atoms with E-state index in [1.54, 1.807) is 20.0 Å². The topological polar surface area (TPSA) is 65.1 Å². The molecule has 0 aliphatic carbocycles. The maximum absolute atomic E-state index is 14.3. The van der Waals surface area contributed by atoms with E-state index in [0.29, 0.717) is 12.3 Å². The smallest absolute Gasteiger partial charge is 0.247 e. The van der Waals surface area contributed by atoms with E-state index in [1.165, 1.54) is 11.0 Å². The SMILES string of the molecule is CNC1C(=O)N(CCCN2CCN(c3cccc(F)c3OC(C)C)CC2)C(=O)C1C. The van der Waals surface area contributed by atoms with E-state index in [-0.39, 0.29) is 29.7 Å². The molecule has 2 saturated heterocycles. The van der Waals surface area contributed by atoms with E-state index in [4.69, 9.17) is 4.74 Å². The minimum Gasteiger partial charge on any atom is -0.486 e. The third-order valence-electron chi connectivity index (χ3n) is 5.87. The molecule has 2 atom stereocenters. The largest absolute Gasteiger partial charge is 0.486 e. The number of ether oxygens (including phenoxy) is 1. The minimum absolute atomic E-state index is 0.0899. The number of piperazine rings is 1. The number of likely N-dealkylation sites (tertiary alicyclic amines) is 1. The predicted molar refractivity (Wildman–Crippen MR) is 114 cm³/mol. The van der Waals surface area contributed by atoms with Gasteiger partial charge < -0.3 is 15.0 Å². The lowest BCUT2D eigenvalue weighted by molar-refractivity contribution is -0.139. The van der Waals surface area contributed by atoms with Crippen molar-refractivity contribution in [2.24, 2.45) is 5.92 Å². The zero-order valence-corrected chi connectivity index (χ0v) is 18.4. The van der Waals surface area contributed by atoms with Crippen LogP contribution in [-0.4, -0.2) is 80.1 Å². The number of halogens is 1. The van der Waals surface area contributed by atoms with Crippen LogP contribution < -0.4 is 15.0 Å². The van der Waals surface area contributed by atoms with Crippen LogP contribution in [0, 0.1) is 11.7 Å². The molecule has 166 valence electrons. The van der Waals surface area contributed by atoms with Crippen molar-refractivity contribution in [1.82, 2.24) is 15.1 Å². The summed E-state index contributed by atoms with van der Waals surface area (Å²) < 4.78 is 20.0. The molecule has 0 radical (unpaired) electrons. The van der Waals surface area contributed by atoms with Gasteiger partial charge in [0, 0.05) is 32.7 Å². The van der Waals surface area contributed by atoms with Crippen molar-refractivity contribution in [3.63, 3.8) is 0 Å². The van der Waals surface area contributed by atoms with Crippen LogP contribution in [0.2, 0.25) is 0 Å². The lowest BCUT2D eigenvalue weighted by Crippen LogP contribution is -2.47. The van der Waals surface area contributed by atoms with Crippen LogP contribution >= 0.6 is 0 Å². The van der Waals surface area contributed by atoms with Gasteiger partial charge in [-0.1, -0.05) is 13.0 Å². The molecule has 0 aromatic heterocycles. The van der Waals surface area contributed by atoms with Crippen LogP contribution in [0.1, 0.15) is 27.2 Å². The molecule has 2 amide bonds. The summed E-state index contributed by atoms with van der Waals surface area (Å²) in [6.07, 6.45) is 0.658. The van der Waals surface area contributed by atoms with E-state index in [2.05, 4.69) is 15.1 Å². The van der Waals surface area contributed by atoms with Gasteiger partial charge in [-0.05, 0) is 46.0 Å². The number of likely N-dealkylation sites (N-methyl/N-ethyl adjacent to an activating group) is 1. The number of benzene rings is 1. The predicted octanol–water partition coefficient (Wildman–Crippen LogP) is 1.72. The summed E-state index contributed by atoms with van der Waals surface area (Å²) in [7, 11) is 1.71. The fourth-order valence-electron chi connectivity index (χ4n) is 4.24. The van der Waals surface area contributed by atoms with Gasteiger partial charge >= 0.3 is 0 Å². The first-order valence-electron chi connectivity index (χ1n) is 10.8. The number of hydrogen-bond donors (Lipinski definition) is 1. The van der Waals surface area contributed by atoms with Gasteiger partial charge in [-0.3, -0.25) is 19.4 Å². The van der Waals surface area contributed by atoms with Crippen molar-refractivity contribution in [2.45, 2.75) is 39.3 Å². The molecule has 2 heterocycles. The molecular formula is C22H33FN4O3. The maximum atomic E-state index is 14.3. The molecule has 1 aromatic rings. The fraction of sp³-hybridized carbons (Fsp3) is 0.636. The lowest BCUT2D eigenvalue weighted by Gasteiger charge is -2.37. The van der Waals surface area contributed by atoms with E-state index < -0.39 is 6.04 Å². The highest BCUT2D eigenvalue weighted by atomic mass is 19.1. The summed E-state index contributed by atoms with van der Waals surface area (Å²) in [4.78, 5) is 30.5. The maximum Gasteiger partial charge on any atom is 0.247 e. The Bertz CT molecular complexity index is 765. The number of carbonyl (C=O) groups is 2. The van der Waals surface area contributed by atoms with Crippen LogP contribution in [-0.2, 0) is 9.59 Å². The standard InChI is InChI=1S/C22H33FN4O3/c1-15(2)30-20-17(23)7-5-8-18(20)26-13-11-25(12-14-26)9-6-10-27-21(28)16(3)19(24-4)22(27)29/h5,7-8,15-16,19,24H,6,9-14H2,1-4H3. The molecule has 0 bridgehead atoms. The highest BCUT2D eigenvalue weighted by Crippen LogP contribution is 2.32. The van der Waals surface area contributed by atoms with Crippen LogP contribution in [0.5, 0.6) is 5.75 Å². The van der Waals surface area contributed by atoms with Gasteiger partial charge in [-0.2, -0.15) is 0 Å². The van der Waals surface area contributed by atoms with Crippen molar-refractivity contribution >= 4 is 17.5 Å². The van der Waals surface area contributed by atoms with Crippen molar-refractivity contribution in [3.05, 3.63) is 24.0 Å². The third kappa shape index (κ3) is 4.75. The van der Waals surface area contributed by atoms with Gasteiger partial charge in [0.1, 0.15) is 0 Å². The number of anilines is 1. The van der Waals surface area contributed by atoms with Crippen molar-refractivity contribution in [3.8, 4) is 5.75 Å². The van der Waals surface area contributed by atoms with Crippen LogP contribution in [0.25, 0.3) is 0 Å². The Labute approximate surface area is 178 Å². The highest BCUT2D eigenvalue weighted by molar-refractivity contribution is 6.06. The van der Waals surface area contributed by atoms with Crippen LogP contribution in [0.3, 0.4) is 0 Å². The number of imide groups is 1. The average molecular weight is 421 g/mol. The Hall–Kier alpha value is -2.19. The summed E-state index contributed by atoms with van der Waals surface area (Å²) in [5, 5.41) is 2.94. The minimum atomic E-state index is -0.408. The Kier molecular flexibility index (Phi) is 7.31. The van der Waals surface area contributed by atoms with Crippen molar-refractivity contribution in [2.75, 3.05) is 51.2 Å². The average Bonchev–Trinajstić information content (AvgIpc) is 2.92. The van der Waals surface area contributed by atoms with E-state index in [0.717, 1.165) is 44.8 Å². The summed E-state index contributed by atoms with van der Waals surface area (Å²) >= 11 is 0. The molecule has 0 spiro atoms. The molecule has 7 nitrogen and oxygen atoms in total. The van der Waals surface area contributed by atoms with Crippen molar-refractivity contribution in [1.29, 1.82) is 0 Å². The molecule has 3 rings (SSSR count). The molecule has 1 aromatic carbocycles. The first kappa shape index (κ1) is 22.5. The zero-order valence-electron chi connectivity index (χ0n) is 18.4. The summed E-state index contributed by atoms with van der Waals surface area (Å²) in [6.45, 7) is 10.1. The summed E-state index contributed by atoms with van der Waals surface area (Å²) in [5.41, 5.74) is 0.795. The number of hydrogen-bond acceptors (Lipinski definition) is 6. The molecule has 2 aliphatic rings. The second kappa shape index (κ2) is 9.75. The Balaban J connectivity index is 1.50. The van der Waals surface area contributed by atoms with Gasteiger partial charge in [0.05, 0.1) is 23.8 Å². The van der Waals surface area contributed by atoms with Gasteiger partial charge in [0.15, 0.2) is 11.6 Å². The van der Waals surface area contributed by atoms with Crippen molar-refractivity contribution < 1.29 is 18.7 Å². The normalized spacial score (nSPS) is 23.0. The van der Waals surface area contributed by atoms with Crippen LogP contribution in [0.4, 0.5) is 10.1 Å². The quantitative estimate of drug-likeness (QED) is 0.646. The monoisotopic (exact) mass is 420 g/mol. The van der Waals surface area contributed by atoms with E-state index in [1.807, 2.05) is 19.9 Å². The molecule has 2 fully saturated rings. The Morgan fingerprint density at radius 1 is 1.13 bits per heavy atom. The fourth-order valence-corrected chi connectivity index (χ4v) is 4.24. The zero-order chi connectivity index (χ0) is 21.8. The van der Waals surface area contributed by atoms with E-state index in [9.17, 15) is 14.0 Å². The molecule has 1 N–H and O–H groups in total. The Morgan fingerprint density at radius 3 is 2.43 bits per heavy atom. The Morgan fingerprint density at radius 2 is 1.83 bits per heavy atom. The summed E-state index contributed by atoms with van der Waals surface area (Å²) in [6, 6.07) is 4.64. The highest BCUT2D eigenvalue weighted by Gasteiger charge is 2.43. The summed E-state index contributed by atoms with van der Waals surface area (Å²) in [5.74, 6) is -0.533. The first-order valence-corrected chi connectivity index (χ1v) is 10.8. The number of nitrogens with zero attached hydrogens (tertiary/aromatic N) is 3. The second-order valence-electron chi connectivity index (χ2n) is 8.32. The molecule has 2 unspecified atom stereocenters. The number of nitrogens with one attached hydrogen (secondary N) is 1. The molecule has 2 aliphatic heterocycles. The molecule has 8 heteroatoms. The molecule has 30 heavy (non-hydrogen) atoms. The first-order chi connectivity index (χ1) is 14.3. The molecular weight excluding hydrogens is 387 g/mol. The second-order valence-corrected chi connectivity index (χ2v) is 8.32. The van der Waals surface area contributed by atoms with Gasteiger partial charge in [-0.15, -0.1) is 0 Å². The number of carbonyl (C=O) groups excluding carboxylic acids is 2. The van der Waals surface area contributed by atoms with Gasteiger partial charge in [0.25, 0.3) is 0 Å². The molecule has 0 saturated carbocycles. The van der Waals surface area contributed by atoms with Crippen LogP contribution in [0.15, 0.2) is 18.2 Å². The number of amides is 2. The third-order valence-corrected chi connectivity index (χ3v) is 5.87. The lowest BCUT2D eigenvalue weighted by atomic mass is 10.1. The number of rotatable bonds is 8.